The molecule has 0 bridgehead atoms. The number of hydrogen-bond acceptors (Lipinski definition) is 2. The van der Waals surface area contributed by atoms with E-state index in [-0.39, 0.29) is 0 Å². The van der Waals surface area contributed by atoms with Crippen LogP contribution in [0.2, 0.25) is 0 Å². The van der Waals surface area contributed by atoms with Gasteiger partial charge in [0.25, 0.3) is 0 Å². The van der Waals surface area contributed by atoms with Crippen molar-refractivity contribution in [2.24, 2.45) is 0 Å². The molecule has 68 valence electrons. The average molecular weight is 175 g/mol. The van der Waals surface area contributed by atoms with Gasteiger partial charge in [0.15, 0.2) is 6.10 Å². The normalized spacial score (nSPS) is 12.2. The fraction of sp³-hybridized carbons (Fsp3) is 0.364. The third-order valence-electron chi connectivity index (χ3n) is 2.30. The maximum atomic E-state index is 9.36. The van der Waals surface area contributed by atoms with Gasteiger partial charge in [-0.2, -0.15) is 5.26 Å². The monoisotopic (exact) mass is 175 g/mol. The minimum absolute atomic E-state index is 0.714. The van der Waals surface area contributed by atoms with E-state index in [1.807, 2.05) is 39.0 Å². The standard InChI is InChI=1S/C11H13NO/c1-7-4-9(3)10(5-8(7)2)11(13)6-12/h4-5,11,13H,1-3H3. The molecule has 0 fully saturated rings. The Kier molecular flexibility index (Phi) is 2.69. The number of aryl methyl sites for hydroxylation is 3. The van der Waals surface area contributed by atoms with E-state index < -0.39 is 6.10 Å². The number of aliphatic hydroxyl groups excluding tert-OH is 1. The maximum Gasteiger partial charge on any atom is 0.166 e. The minimum Gasteiger partial charge on any atom is -0.374 e. The Labute approximate surface area is 78.4 Å². The van der Waals surface area contributed by atoms with Crippen LogP contribution in [0, 0.1) is 32.1 Å². The molecule has 0 amide bonds. The van der Waals surface area contributed by atoms with Crippen molar-refractivity contribution in [1.29, 1.82) is 5.26 Å². The summed E-state index contributed by atoms with van der Waals surface area (Å²) in [6.45, 7) is 5.90. The van der Waals surface area contributed by atoms with Crippen molar-refractivity contribution in [3.05, 3.63) is 34.4 Å². The second kappa shape index (κ2) is 3.59. The quantitative estimate of drug-likeness (QED) is 0.665. The Bertz CT molecular complexity index is 363. The number of benzene rings is 1. The van der Waals surface area contributed by atoms with Crippen LogP contribution in [0.15, 0.2) is 12.1 Å². The van der Waals surface area contributed by atoms with Gasteiger partial charge in [-0.15, -0.1) is 0 Å². The lowest BCUT2D eigenvalue weighted by atomic mass is 9.98. The molecule has 0 aliphatic rings. The molecule has 2 heteroatoms. The van der Waals surface area contributed by atoms with Crippen LogP contribution in [0.4, 0.5) is 0 Å². The Morgan fingerprint density at radius 2 is 1.69 bits per heavy atom. The van der Waals surface area contributed by atoms with Gasteiger partial charge >= 0.3 is 0 Å². The molecular formula is C11H13NO. The summed E-state index contributed by atoms with van der Waals surface area (Å²) in [4.78, 5) is 0. The van der Waals surface area contributed by atoms with Gasteiger partial charge in [0.1, 0.15) is 0 Å². The van der Waals surface area contributed by atoms with E-state index in [1.54, 1.807) is 0 Å². The van der Waals surface area contributed by atoms with Crippen molar-refractivity contribution >= 4 is 0 Å². The van der Waals surface area contributed by atoms with E-state index >= 15 is 0 Å². The van der Waals surface area contributed by atoms with Gasteiger partial charge in [0, 0.05) is 0 Å². The van der Waals surface area contributed by atoms with Gasteiger partial charge in [0.05, 0.1) is 6.07 Å². The molecule has 0 heterocycles. The van der Waals surface area contributed by atoms with E-state index in [0.29, 0.717) is 5.56 Å². The Morgan fingerprint density at radius 3 is 2.23 bits per heavy atom. The third kappa shape index (κ3) is 1.88. The highest BCUT2D eigenvalue weighted by Gasteiger charge is 2.09. The van der Waals surface area contributed by atoms with Gasteiger partial charge in [-0.3, -0.25) is 0 Å². The second-order valence-corrected chi connectivity index (χ2v) is 3.32. The molecule has 0 aliphatic carbocycles. The minimum atomic E-state index is -1.00. The summed E-state index contributed by atoms with van der Waals surface area (Å²) in [5, 5.41) is 17.9. The summed E-state index contributed by atoms with van der Waals surface area (Å²) in [6, 6.07) is 5.69. The van der Waals surface area contributed by atoms with Crippen molar-refractivity contribution in [2.45, 2.75) is 26.9 Å². The first-order valence-corrected chi connectivity index (χ1v) is 4.21. The van der Waals surface area contributed by atoms with Crippen LogP contribution in [0.5, 0.6) is 0 Å². The molecule has 0 aliphatic heterocycles. The molecule has 2 nitrogen and oxygen atoms in total. The van der Waals surface area contributed by atoms with Gasteiger partial charge in [-0.1, -0.05) is 12.1 Å². The maximum absolute atomic E-state index is 9.36. The van der Waals surface area contributed by atoms with Crippen molar-refractivity contribution in [3.8, 4) is 6.07 Å². The SMILES string of the molecule is Cc1cc(C)c(C(O)C#N)cc1C. The van der Waals surface area contributed by atoms with E-state index in [9.17, 15) is 5.11 Å². The first-order valence-electron chi connectivity index (χ1n) is 4.21. The van der Waals surface area contributed by atoms with Crippen molar-refractivity contribution in [2.75, 3.05) is 0 Å². The first kappa shape index (κ1) is 9.76. The van der Waals surface area contributed by atoms with Crippen LogP contribution >= 0.6 is 0 Å². The molecule has 1 N–H and O–H groups in total. The summed E-state index contributed by atoms with van der Waals surface area (Å²) in [5.74, 6) is 0. The van der Waals surface area contributed by atoms with E-state index in [0.717, 1.165) is 11.1 Å². The molecule has 1 aromatic rings. The molecule has 0 saturated heterocycles. The van der Waals surface area contributed by atoms with Gasteiger partial charge in [-0.25, -0.2) is 0 Å². The highest BCUT2D eigenvalue weighted by atomic mass is 16.3. The van der Waals surface area contributed by atoms with Crippen LogP contribution < -0.4 is 0 Å². The molecule has 0 spiro atoms. The number of hydrogen-bond donors (Lipinski definition) is 1. The molecule has 1 atom stereocenters. The van der Waals surface area contributed by atoms with Crippen molar-refractivity contribution in [3.63, 3.8) is 0 Å². The van der Waals surface area contributed by atoms with Crippen LogP contribution in [-0.2, 0) is 0 Å². The summed E-state index contributed by atoms with van der Waals surface area (Å²) in [5.41, 5.74) is 3.98. The Morgan fingerprint density at radius 1 is 1.15 bits per heavy atom. The average Bonchev–Trinajstić information content (AvgIpc) is 2.10. The van der Waals surface area contributed by atoms with E-state index in [1.165, 1.54) is 5.56 Å². The zero-order chi connectivity index (χ0) is 10.0. The van der Waals surface area contributed by atoms with Crippen molar-refractivity contribution < 1.29 is 5.11 Å². The molecule has 0 radical (unpaired) electrons. The summed E-state index contributed by atoms with van der Waals surface area (Å²) in [6.07, 6.45) is -1.00. The predicted octanol–water partition coefficient (Wildman–Crippen LogP) is 2.17. The zero-order valence-electron chi connectivity index (χ0n) is 8.13. The van der Waals surface area contributed by atoms with Crippen LogP contribution in [0.3, 0.4) is 0 Å². The van der Waals surface area contributed by atoms with Gasteiger partial charge in [0.2, 0.25) is 0 Å². The largest absolute Gasteiger partial charge is 0.374 e. The lowest BCUT2D eigenvalue weighted by molar-refractivity contribution is 0.235. The Balaban J connectivity index is 3.25. The smallest absolute Gasteiger partial charge is 0.166 e. The van der Waals surface area contributed by atoms with E-state index in [4.69, 9.17) is 5.26 Å². The zero-order valence-corrected chi connectivity index (χ0v) is 8.13. The first-order chi connectivity index (χ1) is 6.06. The number of nitrogens with zero attached hydrogens (tertiary/aromatic N) is 1. The predicted molar refractivity (Wildman–Crippen MR) is 51.2 cm³/mol. The lowest BCUT2D eigenvalue weighted by Gasteiger charge is -2.10. The fourth-order valence-electron chi connectivity index (χ4n) is 1.35. The van der Waals surface area contributed by atoms with E-state index in [2.05, 4.69) is 0 Å². The molecule has 0 aromatic heterocycles. The topological polar surface area (TPSA) is 44.0 Å². The van der Waals surface area contributed by atoms with Crippen molar-refractivity contribution in [1.82, 2.24) is 0 Å². The third-order valence-corrected chi connectivity index (χ3v) is 2.30. The molecular weight excluding hydrogens is 162 g/mol. The highest BCUT2D eigenvalue weighted by Crippen LogP contribution is 2.20. The van der Waals surface area contributed by atoms with Gasteiger partial charge < -0.3 is 5.11 Å². The highest BCUT2D eigenvalue weighted by molar-refractivity contribution is 5.39. The molecule has 0 saturated carbocycles. The Hall–Kier alpha value is -1.33. The molecule has 1 rings (SSSR count). The lowest BCUT2D eigenvalue weighted by Crippen LogP contribution is -1.98. The molecule has 13 heavy (non-hydrogen) atoms. The molecule has 1 unspecified atom stereocenters. The summed E-state index contributed by atoms with van der Waals surface area (Å²) in [7, 11) is 0. The number of rotatable bonds is 1. The second-order valence-electron chi connectivity index (χ2n) is 3.32. The molecule has 1 aromatic carbocycles. The summed E-state index contributed by atoms with van der Waals surface area (Å²) < 4.78 is 0. The van der Waals surface area contributed by atoms with Crippen LogP contribution in [0.25, 0.3) is 0 Å². The fourth-order valence-corrected chi connectivity index (χ4v) is 1.35. The number of nitriles is 1. The number of aliphatic hydroxyl groups is 1. The van der Waals surface area contributed by atoms with Crippen LogP contribution in [0.1, 0.15) is 28.4 Å². The van der Waals surface area contributed by atoms with Crippen LogP contribution in [-0.4, -0.2) is 5.11 Å². The summed E-state index contributed by atoms with van der Waals surface area (Å²) >= 11 is 0. The van der Waals surface area contributed by atoms with Gasteiger partial charge in [-0.05, 0) is 43.0 Å².